The van der Waals surface area contributed by atoms with Gasteiger partial charge in [-0.15, -0.1) is 0 Å². The first-order valence-electron chi connectivity index (χ1n) is 5.02. The fourth-order valence-corrected chi connectivity index (χ4v) is 2.24. The van der Waals surface area contributed by atoms with Crippen molar-refractivity contribution in [1.29, 1.82) is 0 Å². The second-order valence-corrected chi connectivity index (χ2v) is 5.55. The third kappa shape index (κ3) is 8.47. The highest BCUT2D eigenvalue weighted by Gasteiger charge is 2.09. The van der Waals surface area contributed by atoms with Crippen molar-refractivity contribution in [2.45, 2.75) is 19.8 Å². The molecule has 0 radical (unpaired) electrons. The smallest absolute Gasteiger partial charge is 0.152 e. The van der Waals surface area contributed by atoms with E-state index in [1.807, 2.05) is 0 Å². The lowest BCUT2D eigenvalue weighted by atomic mass is 10.4. The molecule has 0 aliphatic rings. The third-order valence-corrected chi connectivity index (χ3v) is 3.53. The SMILES string of the molecule is CCCNCCCS(=O)(=O)CCOC. The summed E-state index contributed by atoms with van der Waals surface area (Å²) >= 11 is 0. The summed E-state index contributed by atoms with van der Waals surface area (Å²) in [7, 11) is -1.38. The van der Waals surface area contributed by atoms with E-state index in [0.29, 0.717) is 13.0 Å². The lowest BCUT2D eigenvalue weighted by molar-refractivity contribution is 0.217. The number of hydrogen-bond donors (Lipinski definition) is 1. The van der Waals surface area contributed by atoms with Crippen LogP contribution >= 0.6 is 0 Å². The summed E-state index contributed by atoms with van der Waals surface area (Å²) in [4.78, 5) is 0. The molecule has 5 heteroatoms. The Balaban J connectivity index is 3.46. The Hall–Kier alpha value is -0.130. The van der Waals surface area contributed by atoms with Gasteiger partial charge in [-0.2, -0.15) is 0 Å². The Bertz CT molecular complexity index is 214. The van der Waals surface area contributed by atoms with Crippen LogP contribution in [0.15, 0.2) is 0 Å². The molecule has 0 atom stereocenters. The van der Waals surface area contributed by atoms with Gasteiger partial charge in [0.1, 0.15) is 0 Å². The first-order valence-corrected chi connectivity index (χ1v) is 6.84. The van der Waals surface area contributed by atoms with Crippen molar-refractivity contribution in [1.82, 2.24) is 5.32 Å². The fraction of sp³-hybridized carbons (Fsp3) is 1.00. The highest BCUT2D eigenvalue weighted by atomic mass is 32.2. The van der Waals surface area contributed by atoms with Gasteiger partial charge in [0, 0.05) is 7.11 Å². The van der Waals surface area contributed by atoms with Gasteiger partial charge >= 0.3 is 0 Å². The average Bonchev–Trinajstić information content (AvgIpc) is 2.15. The lowest BCUT2D eigenvalue weighted by Gasteiger charge is -2.04. The highest BCUT2D eigenvalue weighted by Crippen LogP contribution is 1.93. The quantitative estimate of drug-likeness (QED) is 0.576. The number of sulfone groups is 1. The standard InChI is InChI=1S/C9H21NO3S/c1-3-5-10-6-4-8-14(11,12)9-7-13-2/h10H,3-9H2,1-2H3. The Morgan fingerprint density at radius 2 is 1.93 bits per heavy atom. The van der Waals surface area contributed by atoms with E-state index in [9.17, 15) is 8.42 Å². The van der Waals surface area contributed by atoms with Gasteiger partial charge in [0.05, 0.1) is 18.1 Å². The van der Waals surface area contributed by atoms with Crippen LogP contribution in [0.2, 0.25) is 0 Å². The topological polar surface area (TPSA) is 55.4 Å². The zero-order valence-electron chi connectivity index (χ0n) is 9.08. The first kappa shape index (κ1) is 13.9. The molecule has 0 saturated heterocycles. The Kier molecular flexibility index (Phi) is 8.12. The molecule has 14 heavy (non-hydrogen) atoms. The molecule has 0 rings (SSSR count). The van der Waals surface area contributed by atoms with Crippen LogP contribution in [0.4, 0.5) is 0 Å². The minimum absolute atomic E-state index is 0.136. The van der Waals surface area contributed by atoms with Crippen LogP contribution in [0.25, 0.3) is 0 Å². The Labute approximate surface area is 86.9 Å². The average molecular weight is 223 g/mol. The molecule has 0 aromatic rings. The number of hydrogen-bond acceptors (Lipinski definition) is 4. The number of rotatable bonds is 9. The van der Waals surface area contributed by atoms with Gasteiger partial charge in [-0.1, -0.05) is 6.92 Å². The second-order valence-electron chi connectivity index (χ2n) is 3.25. The molecule has 0 fully saturated rings. The van der Waals surface area contributed by atoms with E-state index >= 15 is 0 Å². The molecule has 0 amide bonds. The summed E-state index contributed by atoms with van der Waals surface area (Å²) in [5, 5.41) is 3.17. The van der Waals surface area contributed by atoms with E-state index in [-0.39, 0.29) is 11.5 Å². The van der Waals surface area contributed by atoms with E-state index in [4.69, 9.17) is 4.74 Å². The molecule has 0 saturated carbocycles. The van der Waals surface area contributed by atoms with Crippen LogP contribution in [-0.4, -0.2) is 46.7 Å². The van der Waals surface area contributed by atoms with Crippen LogP contribution < -0.4 is 5.32 Å². The van der Waals surface area contributed by atoms with Gasteiger partial charge < -0.3 is 10.1 Å². The van der Waals surface area contributed by atoms with Crippen LogP contribution in [0.5, 0.6) is 0 Å². The molecule has 0 aromatic heterocycles. The van der Waals surface area contributed by atoms with Crippen LogP contribution in [0.1, 0.15) is 19.8 Å². The molecule has 0 heterocycles. The number of methoxy groups -OCH3 is 1. The molecule has 0 aromatic carbocycles. The fourth-order valence-electron chi connectivity index (χ4n) is 1.03. The van der Waals surface area contributed by atoms with Crippen molar-refractivity contribution < 1.29 is 13.2 Å². The van der Waals surface area contributed by atoms with E-state index in [2.05, 4.69) is 12.2 Å². The minimum Gasteiger partial charge on any atom is -0.384 e. The van der Waals surface area contributed by atoms with Crippen molar-refractivity contribution in [2.24, 2.45) is 0 Å². The van der Waals surface area contributed by atoms with Gasteiger partial charge in [-0.25, -0.2) is 8.42 Å². The Morgan fingerprint density at radius 3 is 2.50 bits per heavy atom. The molecule has 1 N–H and O–H groups in total. The summed E-state index contributed by atoms with van der Waals surface area (Å²) in [6, 6.07) is 0. The number of nitrogens with one attached hydrogen (secondary N) is 1. The van der Waals surface area contributed by atoms with E-state index < -0.39 is 9.84 Å². The van der Waals surface area contributed by atoms with Gasteiger partial charge in [-0.05, 0) is 25.9 Å². The van der Waals surface area contributed by atoms with Crippen molar-refractivity contribution in [3.05, 3.63) is 0 Å². The summed E-state index contributed by atoms with van der Waals surface area (Å²) in [6.45, 7) is 4.12. The zero-order chi connectivity index (χ0) is 10.9. The summed E-state index contributed by atoms with van der Waals surface area (Å²) < 4.78 is 27.4. The van der Waals surface area contributed by atoms with Gasteiger partial charge in [0.15, 0.2) is 9.84 Å². The highest BCUT2D eigenvalue weighted by molar-refractivity contribution is 7.91. The molecule has 0 unspecified atom stereocenters. The monoisotopic (exact) mass is 223 g/mol. The third-order valence-electron chi connectivity index (χ3n) is 1.83. The molecule has 0 aliphatic heterocycles. The molecule has 0 bridgehead atoms. The molecular weight excluding hydrogens is 202 g/mol. The predicted molar refractivity (Wildman–Crippen MR) is 58.3 cm³/mol. The van der Waals surface area contributed by atoms with Crippen molar-refractivity contribution in [2.75, 3.05) is 38.3 Å². The maximum atomic E-state index is 11.3. The van der Waals surface area contributed by atoms with Crippen molar-refractivity contribution in [3.63, 3.8) is 0 Å². The minimum atomic E-state index is -2.90. The second kappa shape index (κ2) is 8.20. The number of ether oxygens (including phenoxy) is 1. The molecule has 86 valence electrons. The van der Waals surface area contributed by atoms with E-state index in [1.54, 1.807) is 0 Å². The van der Waals surface area contributed by atoms with Gasteiger partial charge in [0.25, 0.3) is 0 Å². The first-order chi connectivity index (χ1) is 6.62. The molecular formula is C9H21NO3S. The van der Waals surface area contributed by atoms with Crippen molar-refractivity contribution in [3.8, 4) is 0 Å². The van der Waals surface area contributed by atoms with Crippen LogP contribution in [0.3, 0.4) is 0 Å². The summed E-state index contributed by atoms with van der Waals surface area (Å²) in [6.07, 6.45) is 1.77. The maximum absolute atomic E-state index is 11.3. The van der Waals surface area contributed by atoms with Gasteiger partial charge in [0.2, 0.25) is 0 Å². The lowest BCUT2D eigenvalue weighted by Crippen LogP contribution is -2.21. The zero-order valence-corrected chi connectivity index (χ0v) is 9.90. The summed E-state index contributed by atoms with van der Waals surface area (Å²) in [5.74, 6) is 0.393. The Morgan fingerprint density at radius 1 is 1.21 bits per heavy atom. The molecule has 4 nitrogen and oxygen atoms in total. The molecule has 0 spiro atoms. The maximum Gasteiger partial charge on any atom is 0.152 e. The summed E-state index contributed by atoms with van der Waals surface area (Å²) in [5.41, 5.74) is 0. The van der Waals surface area contributed by atoms with Crippen molar-refractivity contribution >= 4 is 9.84 Å². The van der Waals surface area contributed by atoms with E-state index in [1.165, 1.54) is 7.11 Å². The van der Waals surface area contributed by atoms with Crippen LogP contribution in [-0.2, 0) is 14.6 Å². The normalized spacial score (nSPS) is 11.9. The predicted octanol–water partition coefficient (Wildman–Crippen LogP) is 0.437. The van der Waals surface area contributed by atoms with E-state index in [0.717, 1.165) is 19.5 Å². The van der Waals surface area contributed by atoms with Gasteiger partial charge in [-0.3, -0.25) is 0 Å². The molecule has 0 aliphatic carbocycles. The largest absolute Gasteiger partial charge is 0.384 e. The van der Waals surface area contributed by atoms with Crippen LogP contribution in [0, 0.1) is 0 Å².